The van der Waals surface area contributed by atoms with Crippen molar-refractivity contribution in [3.05, 3.63) is 0 Å². The molecule has 534 valence electrons. The third-order valence-electron chi connectivity index (χ3n) is 16.9. The SMILES string of the molecule is CCCCCCCCCCCCCCCCCC(=O)O[C@H](COC(=O)CCCCCCCCCCCCC(C)CC)COP(=O)(O)OC[C@@H](O)COP(=O)(O)OC[C@@H](COC(=O)CCCCCCCCC)OC(=O)CCCCCCCCCCCCCCCC. The molecule has 3 unspecified atom stereocenters. The molecule has 0 aliphatic rings. The summed E-state index contributed by atoms with van der Waals surface area (Å²) in [6.07, 6.45) is 51.2. The van der Waals surface area contributed by atoms with Gasteiger partial charge in [-0.2, -0.15) is 0 Å². The minimum Gasteiger partial charge on any atom is -0.462 e. The maximum Gasteiger partial charge on any atom is 0.472 e. The van der Waals surface area contributed by atoms with Gasteiger partial charge in [-0.1, -0.05) is 317 Å². The Balaban J connectivity index is 5.21. The molecule has 90 heavy (non-hydrogen) atoms. The van der Waals surface area contributed by atoms with Crippen LogP contribution in [0, 0.1) is 5.92 Å². The van der Waals surface area contributed by atoms with Gasteiger partial charge in [-0.25, -0.2) is 9.13 Å². The molecule has 0 rings (SSSR count). The lowest BCUT2D eigenvalue weighted by molar-refractivity contribution is -0.161. The van der Waals surface area contributed by atoms with Crippen LogP contribution in [-0.2, 0) is 65.4 Å². The van der Waals surface area contributed by atoms with Gasteiger partial charge in [-0.3, -0.25) is 37.3 Å². The van der Waals surface area contributed by atoms with Crippen molar-refractivity contribution in [2.24, 2.45) is 5.92 Å². The van der Waals surface area contributed by atoms with Crippen LogP contribution in [0.5, 0.6) is 0 Å². The highest BCUT2D eigenvalue weighted by Gasteiger charge is 2.30. The number of esters is 4. The summed E-state index contributed by atoms with van der Waals surface area (Å²) >= 11 is 0. The van der Waals surface area contributed by atoms with Crippen molar-refractivity contribution in [2.75, 3.05) is 39.6 Å². The fourth-order valence-corrected chi connectivity index (χ4v) is 12.4. The van der Waals surface area contributed by atoms with Crippen LogP contribution in [0.4, 0.5) is 0 Å². The molecule has 0 radical (unpaired) electrons. The molecule has 0 fully saturated rings. The van der Waals surface area contributed by atoms with Crippen molar-refractivity contribution < 1.29 is 80.2 Å². The van der Waals surface area contributed by atoms with Gasteiger partial charge < -0.3 is 33.8 Å². The number of phosphoric acid groups is 2. The molecule has 0 aliphatic heterocycles. The monoisotopic (exact) mass is 1320 g/mol. The first-order chi connectivity index (χ1) is 43.6. The van der Waals surface area contributed by atoms with E-state index in [4.69, 9.17) is 37.0 Å². The van der Waals surface area contributed by atoms with Gasteiger partial charge in [0.15, 0.2) is 12.2 Å². The largest absolute Gasteiger partial charge is 0.472 e. The second-order valence-electron chi connectivity index (χ2n) is 25.9. The number of ether oxygens (including phenoxy) is 4. The molecule has 0 aliphatic carbocycles. The quantitative estimate of drug-likeness (QED) is 0.0222. The Bertz CT molecular complexity index is 1740. The van der Waals surface area contributed by atoms with E-state index < -0.39 is 97.5 Å². The molecule has 0 saturated heterocycles. The molecule has 0 aromatic heterocycles. The van der Waals surface area contributed by atoms with Crippen LogP contribution in [0.2, 0.25) is 0 Å². The van der Waals surface area contributed by atoms with Gasteiger partial charge in [0.05, 0.1) is 26.4 Å². The Morgan fingerprint density at radius 1 is 0.311 bits per heavy atom. The first-order valence-electron chi connectivity index (χ1n) is 37.2. The summed E-state index contributed by atoms with van der Waals surface area (Å²) in [5.74, 6) is -1.31. The second-order valence-corrected chi connectivity index (χ2v) is 28.8. The van der Waals surface area contributed by atoms with Crippen LogP contribution < -0.4 is 0 Å². The standard InChI is InChI=1S/C71H138O17P2/c1-6-10-13-16-19-21-23-25-27-29-31-37-42-47-52-57-71(76)88-67(61-82-69(74)55-50-45-40-35-33-32-34-39-43-48-53-64(5)9-4)63-86-90(79,80)84-59-65(72)58-83-89(77,78)85-62-66(60-81-68(73)54-49-44-38-18-15-12-8-3)87-70(75)56-51-46-41-36-30-28-26-24-22-20-17-14-11-7-2/h64-67,72H,6-63H2,1-5H3,(H,77,78)(H,79,80)/t64?,65-,66+,67+/m0/s1. The first kappa shape index (κ1) is 88.1. The van der Waals surface area contributed by atoms with Crippen LogP contribution in [0.25, 0.3) is 0 Å². The molecule has 0 amide bonds. The number of aliphatic hydroxyl groups is 1. The summed E-state index contributed by atoms with van der Waals surface area (Å²) in [6, 6.07) is 0. The van der Waals surface area contributed by atoms with Crippen molar-refractivity contribution in [1.29, 1.82) is 0 Å². The second kappa shape index (κ2) is 64.4. The summed E-state index contributed by atoms with van der Waals surface area (Å²) in [5.41, 5.74) is 0. The predicted molar refractivity (Wildman–Crippen MR) is 363 cm³/mol. The first-order valence-corrected chi connectivity index (χ1v) is 40.2. The molecule has 0 saturated carbocycles. The van der Waals surface area contributed by atoms with E-state index in [0.717, 1.165) is 109 Å². The zero-order valence-corrected chi connectivity index (χ0v) is 60.1. The number of aliphatic hydroxyl groups excluding tert-OH is 1. The van der Waals surface area contributed by atoms with Crippen LogP contribution in [0.3, 0.4) is 0 Å². The zero-order chi connectivity index (χ0) is 66.3. The Hall–Kier alpha value is -1.94. The van der Waals surface area contributed by atoms with E-state index in [2.05, 4.69) is 34.6 Å². The molecular formula is C71H138O17P2. The molecule has 19 heteroatoms. The summed E-state index contributed by atoms with van der Waals surface area (Å²) in [4.78, 5) is 72.5. The maximum absolute atomic E-state index is 13.0. The van der Waals surface area contributed by atoms with E-state index in [1.165, 1.54) is 180 Å². The van der Waals surface area contributed by atoms with Crippen molar-refractivity contribution >= 4 is 39.5 Å². The molecule has 17 nitrogen and oxygen atoms in total. The highest BCUT2D eigenvalue weighted by molar-refractivity contribution is 7.47. The van der Waals surface area contributed by atoms with E-state index in [0.29, 0.717) is 25.7 Å². The van der Waals surface area contributed by atoms with Gasteiger partial charge in [0.25, 0.3) is 0 Å². The fourth-order valence-electron chi connectivity index (χ4n) is 10.8. The predicted octanol–water partition coefficient (Wildman–Crippen LogP) is 20.5. The van der Waals surface area contributed by atoms with Gasteiger partial charge in [-0.15, -0.1) is 0 Å². The molecule has 3 N–H and O–H groups in total. The summed E-state index contributed by atoms with van der Waals surface area (Å²) in [5, 5.41) is 10.6. The maximum atomic E-state index is 13.0. The van der Waals surface area contributed by atoms with Crippen LogP contribution >= 0.6 is 15.6 Å². The normalized spacial score (nSPS) is 14.4. The number of rotatable bonds is 71. The Labute approximate surface area is 549 Å². The van der Waals surface area contributed by atoms with Gasteiger partial charge in [-0.05, 0) is 31.6 Å². The highest BCUT2D eigenvalue weighted by atomic mass is 31.2. The summed E-state index contributed by atoms with van der Waals surface area (Å²) in [7, 11) is -9.90. The number of hydrogen-bond donors (Lipinski definition) is 3. The molecule has 6 atom stereocenters. The van der Waals surface area contributed by atoms with Crippen molar-refractivity contribution in [1.82, 2.24) is 0 Å². The average Bonchev–Trinajstić information content (AvgIpc) is 3.55. The summed E-state index contributed by atoms with van der Waals surface area (Å²) < 4.78 is 68.3. The lowest BCUT2D eigenvalue weighted by Gasteiger charge is -2.21. The molecule has 0 aromatic carbocycles. The van der Waals surface area contributed by atoms with Gasteiger partial charge in [0.2, 0.25) is 0 Å². The van der Waals surface area contributed by atoms with Gasteiger partial charge in [0, 0.05) is 25.7 Å². The van der Waals surface area contributed by atoms with E-state index in [1.54, 1.807) is 0 Å². The highest BCUT2D eigenvalue weighted by Crippen LogP contribution is 2.45. The number of phosphoric ester groups is 2. The third-order valence-corrected chi connectivity index (χ3v) is 18.8. The molecule has 0 bridgehead atoms. The van der Waals surface area contributed by atoms with Gasteiger partial charge >= 0.3 is 39.5 Å². The number of carbonyl (C=O) groups excluding carboxylic acids is 4. The molecule has 0 aromatic rings. The molecule has 0 spiro atoms. The van der Waals surface area contributed by atoms with Crippen molar-refractivity contribution in [3.8, 4) is 0 Å². The lowest BCUT2D eigenvalue weighted by Crippen LogP contribution is -2.30. The lowest BCUT2D eigenvalue weighted by atomic mass is 9.99. The average molecular weight is 1330 g/mol. The Morgan fingerprint density at radius 3 is 0.789 bits per heavy atom. The summed E-state index contributed by atoms with van der Waals surface area (Å²) in [6.45, 7) is 7.25. The van der Waals surface area contributed by atoms with Crippen molar-refractivity contribution in [3.63, 3.8) is 0 Å². The van der Waals surface area contributed by atoms with Crippen LogP contribution in [0.15, 0.2) is 0 Å². The minimum atomic E-state index is -4.95. The van der Waals surface area contributed by atoms with Gasteiger partial charge in [0.1, 0.15) is 19.3 Å². The van der Waals surface area contributed by atoms with Crippen LogP contribution in [-0.4, -0.2) is 96.7 Å². The minimum absolute atomic E-state index is 0.108. The Kier molecular flexibility index (Phi) is 63.0. The topological polar surface area (TPSA) is 237 Å². The zero-order valence-electron chi connectivity index (χ0n) is 58.3. The van der Waals surface area contributed by atoms with E-state index >= 15 is 0 Å². The number of unbranched alkanes of at least 4 members (excludes halogenated alkanes) is 42. The van der Waals surface area contributed by atoms with E-state index in [1.807, 2.05) is 0 Å². The molecular weight excluding hydrogens is 1190 g/mol. The number of hydrogen-bond acceptors (Lipinski definition) is 15. The third kappa shape index (κ3) is 63.5. The smallest absolute Gasteiger partial charge is 0.462 e. The van der Waals surface area contributed by atoms with E-state index in [-0.39, 0.29) is 25.7 Å². The van der Waals surface area contributed by atoms with Crippen LogP contribution in [0.1, 0.15) is 369 Å². The molecule has 0 heterocycles. The fraction of sp³-hybridized carbons (Fsp3) is 0.944. The van der Waals surface area contributed by atoms with Crippen molar-refractivity contribution in [2.45, 2.75) is 387 Å². The number of carbonyl (C=O) groups is 4. The Morgan fingerprint density at radius 2 is 0.533 bits per heavy atom. The van der Waals surface area contributed by atoms with E-state index in [9.17, 15) is 43.2 Å².